The highest BCUT2D eigenvalue weighted by atomic mass is 19.1. The van der Waals surface area contributed by atoms with Crippen molar-refractivity contribution in [1.82, 2.24) is 9.88 Å². The van der Waals surface area contributed by atoms with Crippen LogP contribution in [-0.4, -0.2) is 28.9 Å². The minimum atomic E-state index is -0.334. The Labute approximate surface area is 105 Å². The number of H-pyrrole nitrogens is 1. The van der Waals surface area contributed by atoms with Gasteiger partial charge in [0.2, 0.25) is 0 Å². The topological polar surface area (TPSA) is 36.1 Å². The van der Waals surface area contributed by atoms with E-state index in [0.717, 1.165) is 31.6 Å². The van der Waals surface area contributed by atoms with Gasteiger partial charge in [0, 0.05) is 29.7 Å². The molecule has 1 fully saturated rings. The fourth-order valence-corrected chi connectivity index (χ4v) is 2.68. The third-order valence-corrected chi connectivity index (χ3v) is 3.57. The first-order valence-corrected chi connectivity index (χ1v) is 6.24. The number of hydrogen-bond donors (Lipinski definition) is 1. The molecule has 4 heteroatoms. The standard InChI is InChI=1S/C14H15FN2O/c1-9-12(14(18)17-7-2-3-8-17)13-10(15)5-4-6-11(13)16-9/h4-6,16H,2-3,7-8H2,1H3. The van der Waals surface area contributed by atoms with Crippen molar-refractivity contribution in [2.24, 2.45) is 0 Å². The molecule has 0 atom stereocenters. The molecule has 0 unspecified atom stereocenters. The number of nitrogens with zero attached hydrogens (tertiary/aromatic N) is 1. The Kier molecular flexibility index (Phi) is 2.58. The molecule has 2 heterocycles. The summed E-state index contributed by atoms with van der Waals surface area (Å²) in [7, 11) is 0. The van der Waals surface area contributed by atoms with E-state index in [1.165, 1.54) is 6.07 Å². The summed E-state index contributed by atoms with van der Waals surface area (Å²) in [5, 5.41) is 0.423. The lowest BCUT2D eigenvalue weighted by atomic mass is 10.1. The second-order valence-corrected chi connectivity index (χ2v) is 4.79. The summed E-state index contributed by atoms with van der Waals surface area (Å²) in [6.07, 6.45) is 2.07. The number of nitrogens with one attached hydrogen (secondary N) is 1. The molecule has 2 aromatic rings. The predicted molar refractivity (Wildman–Crippen MR) is 68.1 cm³/mol. The zero-order valence-electron chi connectivity index (χ0n) is 10.3. The van der Waals surface area contributed by atoms with Crippen LogP contribution < -0.4 is 0 Å². The molecule has 1 N–H and O–H groups in total. The number of aromatic nitrogens is 1. The summed E-state index contributed by atoms with van der Waals surface area (Å²) in [5.41, 5.74) is 1.92. The summed E-state index contributed by atoms with van der Waals surface area (Å²) in [5.74, 6) is -0.388. The molecule has 0 bridgehead atoms. The van der Waals surface area contributed by atoms with Crippen molar-refractivity contribution < 1.29 is 9.18 Å². The molecule has 3 nitrogen and oxygen atoms in total. The average Bonchev–Trinajstić information content (AvgIpc) is 2.95. The van der Waals surface area contributed by atoms with Crippen LogP contribution in [-0.2, 0) is 0 Å². The van der Waals surface area contributed by atoms with Crippen LogP contribution in [0.25, 0.3) is 10.9 Å². The fraction of sp³-hybridized carbons (Fsp3) is 0.357. The number of likely N-dealkylation sites (tertiary alicyclic amines) is 1. The lowest BCUT2D eigenvalue weighted by Gasteiger charge is -2.15. The number of halogens is 1. The number of benzene rings is 1. The van der Waals surface area contributed by atoms with E-state index in [9.17, 15) is 9.18 Å². The van der Waals surface area contributed by atoms with E-state index in [0.29, 0.717) is 16.5 Å². The molecule has 1 aromatic heterocycles. The molecular weight excluding hydrogens is 231 g/mol. The van der Waals surface area contributed by atoms with Gasteiger partial charge in [-0.25, -0.2) is 4.39 Å². The number of amides is 1. The van der Waals surface area contributed by atoms with Gasteiger partial charge in [0.15, 0.2) is 0 Å². The molecule has 94 valence electrons. The number of aryl methyl sites for hydroxylation is 1. The van der Waals surface area contributed by atoms with E-state index in [1.807, 2.05) is 11.8 Å². The number of hydrogen-bond acceptors (Lipinski definition) is 1. The summed E-state index contributed by atoms with van der Waals surface area (Å²) in [6, 6.07) is 4.85. The van der Waals surface area contributed by atoms with Gasteiger partial charge >= 0.3 is 0 Å². The van der Waals surface area contributed by atoms with E-state index >= 15 is 0 Å². The third kappa shape index (κ3) is 1.60. The lowest BCUT2D eigenvalue weighted by molar-refractivity contribution is 0.0794. The van der Waals surface area contributed by atoms with Crippen LogP contribution in [0.5, 0.6) is 0 Å². The first kappa shape index (κ1) is 11.3. The summed E-state index contributed by atoms with van der Waals surface area (Å²) < 4.78 is 13.9. The predicted octanol–water partition coefficient (Wildman–Crippen LogP) is 2.85. The van der Waals surface area contributed by atoms with Crippen LogP contribution in [0.2, 0.25) is 0 Å². The highest BCUT2D eigenvalue weighted by Crippen LogP contribution is 2.27. The second kappa shape index (κ2) is 4.12. The Morgan fingerprint density at radius 3 is 2.78 bits per heavy atom. The van der Waals surface area contributed by atoms with Crippen LogP contribution in [0.4, 0.5) is 4.39 Å². The first-order valence-electron chi connectivity index (χ1n) is 6.24. The minimum Gasteiger partial charge on any atom is -0.358 e. The van der Waals surface area contributed by atoms with Crippen molar-refractivity contribution in [3.05, 3.63) is 35.3 Å². The Morgan fingerprint density at radius 2 is 2.06 bits per heavy atom. The molecule has 3 rings (SSSR count). The maximum atomic E-state index is 13.9. The Balaban J connectivity index is 2.15. The van der Waals surface area contributed by atoms with Crippen molar-refractivity contribution in [1.29, 1.82) is 0 Å². The molecular formula is C14H15FN2O. The molecule has 0 spiro atoms. The third-order valence-electron chi connectivity index (χ3n) is 3.57. The summed E-state index contributed by atoms with van der Waals surface area (Å²) >= 11 is 0. The van der Waals surface area contributed by atoms with Gasteiger partial charge < -0.3 is 9.88 Å². The highest BCUT2D eigenvalue weighted by molar-refractivity contribution is 6.08. The Morgan fingerprint density at radius 1 is 1.33 bits per heavy atom. The van der Waals surface area contributed by atoms with Crippen LogP contribution >= 0.6 is 0 Å². The van der Waals surface area contributed by atoms with Gasteiger partial charge in [-0.1, -0.05) is 6.07 Å². The zero-order valence-corrected chi connectivity index (χ0v) is 10.3. The highest BCUT2D eigenvalue weighted by Gasteiger charge is 2.25. The van der Waals surface area contributed by atoms with Crippen molar-refractivity contribution in [2.45, 2.75) is 19.8 Å². The van der Waals surface area contributed by atoms with Gasteiger partial charge in [-0.05, 0) is 31.9 Å². The Hall–Kier alpha value is -1.84. The monoisotopic (exact) mass is 246 g/mol. The molecule has 0 radical (unpaired) electrons. The molecule has 0 saturated carbocycles. The molecule has 1 aliphatic rings. The smallest absolute Gasteiger partial charge is 0.256 e. The molecule has 1 amide bonds. The quantitative estimate of drug-likeness (QED) is 0.825. The second-order valence-electron chi connectivity index (χ2n) is 4.79. The normalized spacial score (nSPS) is 15.6. The van der Waals surface area contributed by atoms with Gasteiger partial charge in [-0.2, -0.15) is 0 Å². The van der Waals surface area contributed by atoms with Gasteiger partial charge in [-0.3, -0.25) is 4.79 Å². The maximum absolute atomic E-state index is 13.9. The first-order chi connectivity index (χ1) is 8.68. The van der Waals surface area contributed by atoms with Crippen molar-refractivity contribution in [2.75, 3.05) is 13.1 Å². The molecule has 0 aliphatic carbocycles. The molecule has 18 heavy (non-hydrogen) atoms. The van der Waals surface area contributed by atoms with Crippen molar-refractivity contribution in [3.8, 4) is 0 Å². The summed E-state index contributed by atoms with van der Waals surface area (Å²) in [4.78, 5) is 17.3. The van der Waals surface area contributed by atoms with Gasteiger partial charge in [0.25, 0.3) is 5.91 Å². The van der Waals surface area contributed by atoms with E-state index in [1.54, 1.807) is 12.1 Å². The van der Waals surface area contributed by atoms with E-state index in [2.05, 4.69) is 4.98 Å². The summed E-state index contributed by atoms with van der Waals surface area (Å²) in [6.45, 7) is 3.38. The largest absolute Gasteiger partial charge is 0.358 e. The fourth-order valence-electron chi connectivity index (χ4n) is 2.68. The lowest BCUT2D eigenvalue weighted by Crippen LogP contribution is -2.28. The number of fused-ring (bicyclic) bond motifs is 1. The van der Waals surface area contributed by atoms with Gasteiger partial charge in [-0.15, -0.1) is 0 Å². The average molecular weight is 246 g/mol. The Bertz CT molecular complexity index is 612. The van der Waals surface area contributed by atoms with Crippen LogP contribution in [0.3, 0.4) is 0 Å². The molecule has 1 aliphatic heterocycles. The van der Waals surface area contributed by atoms with Crippen molar-refractivity contribution >= 4 is 16.8 Å². The number of carbonyl (C=O) groups is 1. The van der Waals surface area contributed by atoms with E-state index in [4.69, 9.17) is 0 Å². The van der Waals surface area contributed by atoms with E-state index in [-0.39, 0.29) is 11.7 Å². The number of carbonyl (C=O) groups excluding carboxylic acids is 1. The molecule has 1 aromatic carbocycles. The minimum absolute atomic E-state index is 0.0543. The SMILES string of the molecule is Cc1[nH]c2cccc(F)c2c1C(=O)N1CCCC1. The van der Waals surface area contributed by atoms with E-state index < -0.39 is 0 Å². The van der Waals surface area contributed by atoms with Crippen molar-refractivity contribution in [3.63, 3.8) is 0 Å². The van der Waals surface area contributed by atoms with Crippen LogP contribution in [0.1, 0.15) is 28.9 Å². The van der Waals surface area contributed by atoms with Crippen LogP contribution in [0.15, 0.2) is 18.2 Å². The van der Waals surface area contributed by atoms with Crippen LogP contribution in [0, 0.1) is 12.7 Å². The number of aromatic amines is 1. The molecule has 1 saturated heterocycles. The zero-order chi connectivity index (χ0) is 12.7. The van der Waals surface area contributed by atoms with Gasteiger partial charge in [0.05, 0.1) is 5.56 Å². The number of rotatable bonds is 1. The van der Waals surface area contributed by atoms with Gasteiger partial charge in [0.1, 0.15) is 5.82 Å². The maximum Gasteiger partial charge on any atom is 0.256 e.